The highest BCUT2D eigenvalue weighted by atomic mass is 16.5. The van der Waals surface area contributed by atoms with Gasteiger partial charge in [0, 0.05) is 12.6 Å². The van der Waals surface area contributed by atoms with Crippen LogP contribution >= 0.6 is 0 Å². The summed E-state index contributed by atoms with van der Waals surface area (Å²) in [6.07, 6.45) is 2.11. The molecule has 2 aromatic carbocycles. The van der Waals surface area contributed by atoms with Crippen molar-refractivity contribution in [2.24, 2.45) is 0 Å². The Labute approximate surface area is 148 Å². The van der Waals surface area contributed by atoms with E-state index in [2.05, 4.69) is 10.6 Å². The van der Waals surface area contributed by atoms with E-state index in [1.54, 1.807) is 0 Å². The van der Waals surface area contributed by atoms with Gasteiger partial charge in [0.2, 0.25) is 0 Å². The number of hydrogen-bond acceptors (Lipinski definition) is 4. The Kier molecular flexibility index (Phi) is 6.29. The first-order valence-corrected chi connectivity index (χ1v) is 8.69. The molecule has 1 aliphatic rings. The second-order valence-corrected chi connectivity index (χ2v) is 6.15. The molecule has 0 unspecified atom stereocenters. The first kappa shape index (κ1) is 17.3. The standard InChI is InChI=1S/C20H24N2O3/c23-20(22-17-7-4-12-21-13-17)15-25-19-10-8-18(9-11-19)24-14-16-5-2-1-3-6-16/h1-3,5-6,8-11,17,21H,4,7,12-15H2,(H,22,23)/t17-/m0/s1. The summed E-state index contributed by atoms with van der Waals surface area (Å²) in [5, 5.41) is 6.26. The molecule has 0 aromatic heterocycles. The lowest BCUT2D eigenvalue weighted by atomic mass is 10.1. The number of carbonyl (C=O) groups is 1. The van der Waals surface area contributed by atoms with E-state index in [0.717, 1.165) is 37.2 Å². The second kappa shape index (κ2) is 9.08. The molecule has 1 amide bonds. The van der Waals surface area contributed by atoms with Crippen molar-refractivity contribution in [1.29, 1.82) is 0 Å². The Morgan fingerprint density at radius 3 is 2.44 bits per heavy atom. The van der Waals surface area contributed by atoms with Crippen molar-refractivity contribution in [3.8, 4) is 11.5 Å². The number of benzene rings is 2. The lowest BCUT2D eigenvalue weighted by Crippen LogP contribution is -2.46. The molecule has 1 atom stereocenters. The molecule has 0 radical (unpaired) electrons. The highest BCUT2D eigenvalue weighted by Gasteiger charge is 2.15. The first-order valence-electron chi connectivity index (χ1n) is 8.69. The van der Waals surface area contributed by atoms with Crippen molar-refractivity contribution in [2.45, 2.75) is 25.5 Å². The molecular formula is C20H24N2O3. The van der Waals surface area contributed by atoms with Crippen LogP contribution < -0.4 is 20.1 Å². The van der Waals surface area contributed by atoms with Crippen molar-refractivity contribution in [1.82, 2.24) is 10.6 Å². The van der Waals surface area contributed by atoms with Gasteiger partial charge in [-0.2, -0.15) is 0 Å². The summed E-state index contributed by atoms with van der Waals surface area (Å²) in [5.74, 6) is 1.34. The smallest absolute Gasteiger partial charge is 0.258 e. The molecule has 2 N–H and O–H groups in total. The molecule has 0 bridgehead atoms. The summed E-state index contributed by atoms with van der Waals surface area (Å²) in [5.41, 5.74) is 1.12. The lowest BCUT2D eigenvalue weighted by Gasteiger charge is -2.23. The number of rotatable bonds is 7. The Morgan fingerprint density at radius 1 is 1.04 bits per heavy atom. The predicted molar refractivity (Wildman–Crippen MR) is 96.7 cm³/mol. The SMILES string of the molecule is O=C(COc1ccc(OCc2ccccc2)cc1)N[C@H]1CCCNC1. The van der Waals surface area contributed by atoms with E-state index in [1.807, 2.05) is 54.6 Å². The third-order valence-corrected chi connectivity index (χ3v) is 4.10. The van der Waals surface area contributed by atoms with E-state index in [-0.39, 0.29) is 18.6 Å². The van der Waals surface area contributed by atoms with Crippen LogP contribution in [-0.4, -0.2) is 31.6 Å². The van der Waals surface area contributed by atoms with Gasteiger partial charge in [0.25, 0.3) is 5.91 Å². The van der Waals surface area contributed by atoms with Gasteiger partial charge in [-0.1, -0.05) is 30.3 Å². The van der Waals surface area contributed by atoms with Crippen LogP contribution in [0.3, 0.4) is 0 Å². The van der Waals surface area contributed by atoms with E-state index in [0.29, 0.717) is 12.4 Å². The number of nitrogens with one attached hydrogen (secondary N) is 2. The van der Waals surface area contributed by atoms with Crippen molar-refractivity contribution in [3.63, 3.8) is 0 Å². The fourth-order valence-electron chi connectivity index (χ4n) is 2.77. The van der Waals surface area contributed by atoms with Gasteiger partial charge in [-0.25, -0.2) is 0 Å². The van der Waals surface area contributed by atoms with Crippen LogP contribution in [0.1, 0.15) is 18.4 Å². The van der Waals surface area contributed by atoms with Gasteiger partial charge >= 0.3 is 0 Å². The summed E-state index contributed by atoms with van der Waals surface area (Å²) in [6, 6.07) is 17.5. The van der Waals surface area contributed by atoms with Gasteiger partial charge in [0.1, 0.15) is 18.1 Å². The normalized spacial score (nSPS) is 16.9. The molecule has 25 heavy (non-hydrogen) atoms. The maximum absolute atomic E-state index is 11.9. The number of amides is 1. The van der Waals surface area contributed by atoms with Crippen LogP contribution in [0.5, 0.6) is 11.5 Å². The van der Waals surface area contributed by atoms with Gasteiger partial charge in [0.05, 0.1) is 0 Å². The number of piperidine rings is 1. The van der Waals surface area contributed by atoms with Crippen LogP contribution in [0.15, 0.2) is 54.6 Å². The minimum Gasteiger partial charge on any atom is -0.489 e. The molecule has 3 rings (SSSR count). The van der Waals surface area contributed by atoms with Crippen LogP contribution in [-0.2, 0) is 11.4 Å². The van der Waals surface area contributed by atoms with E-state index in [9.17, 15) is 4.79 Å². The topological polar surface area (TPSA) is 59.6 Å². The Balaban J connectivity index is 1.40. The van der Waals surface area contributed by atoms with Gasteiger partial charge in [0.15, 0.2) is 6.61 Å². The van der Waals surface area contributed by atoms with Crippen LogP contribution in [0.25, 0.3) is 0 Å². The Morgan fingerprint density at radius 2 is 1.76 bits per heavy atom. The highest BCUT2D eigenvalue weighted by Crippen LogP contribution is 2.18. The van der Waals surface area contributed by atoms with Gasteiger partial charge in [-0.05, 0) is 49.2 Å². The quantitative estimate of drug-likeness (QED) is 0.813. The molecule has 0 spiro atoms. The summed E-state index contributed by atoms with van der Waals surface area (Å²) < 4.78 is 11.3. The average Bonchev–Trinajstić information content (AvgIpc) is 2.67. The zero-order valence-electron chi connectivity index (χ0n) is 14.2. The number of carbonyl (C=O) groups excluding carboxylic acids is 1. The van der Waals surface area contributed by atoms with Crippen molar-refractivity contribution >= 4 is 5.91 Å². The van der Waals surface area contributed by atoms with Gasteiger partial charge in [-0.3, -0.25) is 4.79 Å². The molecule has 1 heterocycles. The third-order valence-electron chi connectivity index (χ3n) is 4.10. The zero-order chi connectivity index (χ0) is 17.3. The highest BCUT2D eigenvalue weighted by molar-refractivity contribution is 5.77. The van der Waals surface area contributed by atoms with E-state index >= 15 is 0 Å². The summed E-state index contributed by atoms with van der Waals surface area (Å²) in [7, 11) is 0. The largest absolute Gasteiger partial charge is 0.489 e. The average molecular weight is 340 g/mol. The van der Waals surface area contributed by atoms with Crippen molar-refractivity contribution < 1.29 is 14.3 Å². The fourth-order valence-corrected chi connectivity index (χ4v) is 2.77. The molecule has 5 heteroatoms. The summed E-state index contributed by atoms with van der Waals surface area (Å²) in [6.45, 7) is 2.42. The fraction of sp³-hybridized carbons (Fsp3) is 0.350. The molecule has 132 valence electrons. The molecule has 0 saturated carbocycles. The van der Waals surface area contributed by atoms with Crippen LogP contribution in [0, 0.1) is 0 Å². The number of hydrogen-bond donors (Lipinski definition) is 2. The molecule has 0 aliphatic carbocycles. The van der Waals surface area contributed by atoms with Crippen molar-refractivity contribution in [2.75, 3.05) is 19.7 Å². The van der Waals surface area contributed by atoms with Gasteiger partial charge in [-0.15, -0.1) is 0 Å². The molecule has 1 aliphatic heterocycles. The number of ether oxygens (including phenoxy) is 2. The molecular weight excluding hydrogens is 316 g/mol. The lowest BCUT2D eigenvalue weighted by molar-refractivity contribution is -0.123. The van der Waals surface area contributed by atoms with E-state index < -0.39 is 0 Å². The molecule has 2 aromatic rings. The third kappa shape index (κ3) is 5.80. The van der Waals surface area contributed by atoms with Crippen molar-refractivity contribution in [3.05, 3.63) is 60.2 Å². The maximum Gasteiger partial charge on any atom is 0.258 e. The van der Waals surface area contributed by atoms with E-state index in [4.69, 9.17) is 9.47 Å². The predicted octanol–water partition coefficient (Wildman–Crippen LogP) is 2.51. The van der Waals surface area contributed by atoms with Crippen LogP contribution in [0.2, 0.25) is 0 Å². The van der Waals surface area contributed by atoms with Crippen LogP contribution in [0.4, 0.5) is 0 Å². The zero-order valence-corrected chi connectivity index (χ0v) is 14.2. The second-order valence-electron chi connectivity index (χ2n) is 6.15. The summed E-state index contributed by atoms with van der Waals surface area (Å²) >= 11 is 0. The Bertz CT molecular complexity index is 652. The first-order chi connectivity index (χ1) is 12.3. The van der Waals surface area contributed by atoms with E-state index in [1.165, 1.54) is 0 Å². The minimum atomic E-state index is -0.0851. The van der Waals surface area contributed by atoms with Gasteiger partial charge < -0.3 is 20.1 Å². The monoisotopic (exact) mass is 340 g/mol. The molecule has 5 nitrogen and oxygen atoms in total. The molecule has 1 fully saturated rings. The minimum absolute atomic E-state index is 0.0285. The maximum atomic E-state index is 11.9. The Hall–Kier alpha value is -2.53. The summed E-state index contributed by atoms with van der Waals surface area (Å²) in [4.78, 5) is 11.9. The molecule has 1 saturated heterocycles.